The zero-order valence-electron chi connectivity index (χ0n) is 9.23. The van der Waals surface area contributed by atoms with E-state index in [1.165, 1.54) is 0 Å². The second-order valence-electron chi connectivity index (χ2n) is 4.02. The van der Waals surface area contributed by atoms with Crippen LogP contribution in [0.25, 0.3) is 11.3 Å². The van der Waals surface area contributed by atoms with Gasteiger partial charge in [0.25, 0.3) is 0 Å². The summed E-state index contributed by atoms with van der Waals surface area (Å²) in [5, 5.41) is 16.2. The van der Waals surface area contributed by atoms with Gasteiger partial charge in [-0.1, -0.05) is 12.1 Å². The Balaban J connectivity index is 2.03. The second-order valence-corrected chi connectivity index (χ2v) is 4.02. The Bertz CT molecular complexity index is 578. The van der Waals surface area contributed by atoms with E-state index >= 15 is 0 Å². The highest BCUT2D eigenvalue weighted by molar-refractivity contribution is 5.64. The van der Waals surface area contributed by atoms with Gasteiger partial charge in [0.2, 0.25) is 0 Å². The van der Waals surface area contributed by atoms with Crippen molar-refractivity contribution in [1.29, 1.82) is 5.26 Å². The van der Waals surface area contributed by atoms with E-state index in [4.69, 9.17) is 10.00 Å². The molecule has 0 radical (unpaired) electrons. The molecule has 4 heteroatoms. The Morgan fingerprint density at radius 1 is 1.29 bits per heavy atom. The van der Waals surface area contributed by atoms with Gasteiger partial charge in [-0.2, -0.15) is 10.4 Å². The van der Waals surface area contributed by atoms with E-state index in [0.29, 0.717) is 12.2 Å². The largest absolute Gasteiger partial charge is 0.376 e. The molecule has 0 fully saturated rings. The minimum absolute atomic E-state index is 0.612. The number of ether oxygens (including phenoxy) is 1. The van der Waals surface area contributed by atoms with Crippen LogP contribution in [0.1, 0.15) is 16.8 Å². The van der Waals surface area contributed by atoms with E-state index in [9.17, 15) is 0 Å². The summed E-state index contributed by atoms with van der Waals surface area (Å²) in [4.78, 5) is 0. The molecule has 0 amide bonds. The first kappa shape index (κ1) is 10.1. The fraction of sp³-hybridized carbons (Fsp3) is 0.231. The average molecular weight is 225 g/mol. The minimum Gasteiger partial charge on any atom is -0.376 e. The monoisotopic (exact) mass is 225 g/mol. The van der Waals surface area contributed by atoms with Crippen molar-refractivity contribution in [3.8, 4) is 17.3 Å². The summed E-state index contributed by atoms with van der Waals surface area (Å²) in [6, 6.07) is 9.56. The van der Waals surface area contributed by atoms with Gasteiger partial charge in [-0.3, -0.25) is 5.10 Å². The van der Waals surface area contributed by atoms with Gasteiger partial charge in [-0.05, 0) is 12.1 Å². The Labute approximate surface area is 98.8 Å². The summed E-state index contributed by atoms with van der Waals surface area (Å²) in [5.41, 5.74) is 4.92. The third-order valence-corrected chi connectivity index (χ3v) is 2.98. The molecular formula is C13H11N3O. The van der Waals surface area contributed by atoms with Crippen LogP contribution in [0.15, 0.2) is 24.3 Å². The quantitative estimate of drug-likeness (QED) is 0.807. The Hall–Kier alpha value is -2.12. The van der Waals surface area contributed by atoms with Crippen molar-refractivity contribution in [2.45, 2.75) is 13.0 Å². The lowest BCUT2D eigenvalue weighted by Gasteiger charge is -2.12. The van der Waals surface area contributed by atoms with Gasteiger partial charge in [-0.25, -0.2) is 0 Å². The molecule has 2 aromatic rings. The minimum atomic E-state index is 0.612. The molecule has 0 spiro atoms. The first-order chi connectivity index (χ1) is 8.38. The van der Waals surface area contributed by atoms with Crippen LogP contribution in [-0.2, 0) is 17.8 Å². The number of nitriles is 1. The summed E-state index contributed by atoms with van der Waals surface area (Å²) in [5.74, 6) is 0. The normalized spacial score (nSPS) is 14.1. The van der Waals surface area contributed by atoms with Gasteiger partial charge in [0, 0.05) is 23.2 Å². The van der Waals surface area contributed by atoms with Crippen molar-refractivity contribution in [3.63, 3.8) is 0 Å². The van der Waals surface area contributed by atoms with Gasteiger partial charge >= 0.3 is 0 Å². The number of nitrogens with one attached hydrogen (secondary N) is 1. The Kier molecular flexibility index (Phi) is 2.39. The molecule has 17 heavy (non-hydrogen) atoms. The van der Waals surface area contributed by atoms with E-state index in [1.807, 2.05) is 12.1 Å². The predicted octanol–water partition coefficient (Wildman–Crippen LogP) is 2.02. The van der Waals surface area contributed by atoms with Crippen LogP contribution >= 0.6 is 0 Å². The maximum absolute atomic E-state index is 8.76. The molecular weight excluding hydrogens is 214 g/mol. The molecule has 2 heterocycles. The van der Waals surface area contributed by atoms with Crippen LogP contribution in [0.5, 0.6) is 0 Å². The molecule has 0 saturated heterocycles. The van der Waals surface area contributed by atoms with Gasteiger partial charge in [0.15, 0.2) is 0 Å². The molecule has 0 aliphatic carbocycles. The maximum Gasteiger partial charge on any atom is 0.0991 e. The zero-order chi connectivity index (χ0) is 11.7. The lowest BCUT2D eigenvalue weighted by Crippen LogP contribution is -2.08. The van der Waals surface area contributed by atoms with Crippen molar-refractivity contribution in [2.24, 2.45) is 0 Å². The Morgan fingerprint density at radius 2 is 2.12 bits per heavy atom. The van der Waals surface area contributed by atoms with Gasteiger partial charge in [0.05, 0.1) is 30.5 Å². The van der Waals surface area contributed by atoms with Crippen molar-refractivity contribution < 1.29 is 4.74 Å². The van der Waals surface area contributed by atoms with Crippen LogP contribution in [-0.4, -0.2) is 16.8 Å². The van der Waals surface area contributed by atoms with Crippen LogP contribution in [0, 0.1) is 11.3 Å². The summed E-state index contributed by atoms with van der Waals surface area (Å²) in [6.45, 7) is 1.36. The number of nitrogens with zero attached hydrogens (tertiary/aromatic N) is 2. The highest BCUT2D eigenvalue weighted by Crippen LogP contribution is 2.27. The molecule has 3 rings (SSSR count). The van der Waals surface area contributed by atoms with Crippen LogP contribution in [0.4, 0.5) is 0 Å². The second kappa shape index (κ2) is 4.04. The third-order valence-electron chi connectivity index (χ3n) is 2.98. The average Bonchev–Trinajstić information content (AvgIpc) is 2.83. The van der Waals surface area contributed by atoms with E-state index in [1.54, 1.807) is 12.1 Å². The van der Waals surface area contributed by atoms with Crippen LogP contribution in [0.3, 0.4) is 0 Å². The summed E-state index contributed by atoms with van der Waals surface area (Å²) >= 11 is 0. The number of H-pyrrole nitrogens is 1. The summed E-state index contributed by atoms with van der Waals surface area (Å²) in [6.07, 6.45) is 0.888. The SMILES string of the molecule is N#Cc1ccc(-c2n[nH]c3c2COCC3)cc1. The molecule has 84 valence electrons. The van der Waals surface area contributed by atoms with E-state index in [-0.39, 0.29) is 0 Å². The standard InChI is InChI=1S/C13H11N3O/c14-7-9-1-3-10(4-2-9)13-11-8-17-6-5-12(11)15-16-13/h1-4H,5-6,8H2,(H,15,16). The van der Waals surface area contributed by atoms with E-state index in [0.717, 1.165) is 35.5 Å². The smallest absolute Gasteiger partial charge is 0.0991 e. The van der Waals surface area contributed by atoms with E-state index < -0.39 is 0 Å². The third kappa shape index (κ3) is 1.71. The first-order valence-electron chi connectivity index (χ1n) is 5.53. The number of hydrogen-bond acceptors (Lipinski definition) is 3. The number of fused-ring (bicyclic) bond motifs is 1. The number of rotatable bonds is 1. The lowest BCUT2D eigenvalue weighted by atomic mass is 10.0. The maximum atomic E-state index is 8.76. The van der Waals surface area contributed by atoms with Crippen molar-refractivity contribution in [2.75, 3.05) is 6.61 Å². The fourth-order valence-corrected chi connectivity index (χ4v) is 2.05. The van der Waals surface area contributed by atoms with Crippen molar-refractivity contribution >= 4 is 0 Å². The Morgan fingerprint density at radius 3 is 2.88 bits per heavy atom. The topological polar surface area (TPSA) is 61.7 Å². The highest BCUT2D eigenvalue weighted by atomic mass is 16.5. The molecule has 0 bridgehead atoms. The fourth-order valence-electron chi connectivity index (χ4n) is 2.05. The van der Waals surface area contributed by atoms with Crippen LogP contribution < -0.4 is 0 Å². The number of aromatic amines is 1. The highest BCUT2D eigenvalue weighted by Gasteiger charge is 2.18. The van der Waals surface area contributed by atoms with E-state index in [2.05, 4.69) is 16.3 Å². The molecule has 0 atom stereocenters. The molecule has 1 N–H and O–H groups in total. The molecule has 1 aromatic carbocycles. The summed E-state index contributed by atoms with van der Waals surface area (Å²) in [7, 11) is 0. The lowest BCUT2D eigenvalue weighted by molar-refractivity contribution is 0.110. The van der Waals surface area contributed by atoms with Crippen LogP contribution in [0.2, 0.25) is 0 Å². The van der Waals surface area contributed by atoms with Gasteiger partial charge in [0.1, 0.15) is 0 Å². The number of aromatic nitrogens is 2. The summed E-state index contributed by atoms with van der Waals surface area (Å²) < 4.78 is 5.45. The van der Waals surface area contributed by atoms with Crippen molar-refractivity contribution in [3.05, 3.63) is 41.1 Å². The number of benzene rings is 1. The molecule has 4 nitrogen and oxygen atoms in total. The predicted molar refractivity (Wildman–Crippen MR) is 62.1 cm³/mol. The molecule has 1 aromatic heterocycles. The zero-order valence-corrected chi connectivity index (χ0v) is 9.23. The molecule has 0 saturated carbocycles. The van der Waals surface area contributed by atoms with Gasteiger partial charge < -0.3 is 4.74 Å². The van der Waals surface area contributed by atoms with Crippen molar-refractivity contribution in [1.82, 2.24) is 10.2 Å². The molecule has 1 aliphatic rings. The first-order valence-corrected chi connectivity index (χ1v) is 5.53. The number of hydrogen-bond donors (Lipinski definition) is 1. The molecule has 1 aliphatic heterocycles. The molecule has 0 unspecified atom stereocenters. The van der Waals surface area contributed by atoms with Gasteiger partial charge in [-0.15, -0.1) is 0 Å².